The number of hydrogen-bond donors (Lipinski definition) is 0. The number of nitrogens with zero attached hydrogens (tertiary/aromatic N) is 3. The van der Waals surface area contributed by atoms with E-state index in [4.69, 9.17) is 4.98 Å². The minimum Gasteiger partial charge on any atom is -0.338 e. The smallest absolute Gasteiger partial charge is 0.219 e. The first-order valence-electron chi connectivity index (χ1n) is 9.01. The molecular weight excluding hydrogens is 286 g/mol. The highest BCUT2D eigenvalue weighted by molar-refractivity contribution is 5.74. The molecule has 1 saturated heterocycles. The van der Waals surface area contributed by atoms with Gasteiger partial charge in [0.15, 0.2) is 0 Å². The number of likely N-dealkylation sites (tertiary alicyclic amines) is 1. The van der Waals surface area contributed by atoms with Crippen molar-refractivity contribution in [3.05, 3.63) is 29.6 Å². The van der Waals surface area contributed by atoms with Gasteiger partial charge in [-0.2, -0.15) is 0 Å². The Labute approximate surface area is 139 Å². The summed E-state index contributed by atoms with van der Waals surface area (Å²) >= 11 is 0. The van der Waals surface area contributed by atoms with Crippen LogP contribution in [0.25, 0.3) is 0 Å². The molecule has 1 aliphatic carbocycles. The molecule has 4 nitrogen and oxygen atoms in total. The predicted molar refractivity (Wildman–Crippen MR) is 92.2 cm³/mol. The van der Waals surface area contributed by atoms with E-state index in [1.165, 1.54) is 31.4 Å². The van der Waals surface area contributed by atoms with Crippen LogP contribution in [0.2, 0.25) is 0 Å². The summed E-state index contributed by atoms with van der Waals surface area (Å²) in [5.74, 6) is 0.701. The molecule has 1 aliphatic heterocycles. The molecule has 0 aromatic carbocycles. The fourth-order valence-corrected chi connectivity index (χ4v) is 3.57. The van der Waals surface area contributed by atoms with E-state index in [9.17, 15) is 4.79 Å². The Balaban J connectivity index is 1.64. The zero-order valence-corrected chi connectivity index (χ0v) is 14.7. The number of carbonyl (C=O) groups is 1. The van der Waals surface area contributed by atoms with Crippen molar-refractivity contribution in [2.24, 2.45) is 0 Å². The van der Waals surface area contributed by atoms with Crippen molar-refractivity contribution in [3.8, 4) is 0 Å². The second-order valence-electron chi connectivity index (χ2n) is 7.38. The highest BCUT2D eigenvalue weighted by Crippen LogP contribution is 2.29. The Kier molecular flexibility index (Phi) is 5.00. The van der Waals surface area contributed by atoms with E-state index < -0.39 is 0 Å². The van der Waals surface area contributed by atoms with Crippen LogP contribution in [0.3, 0.4) is 0 Å². The van der Waals surface area contributed by atoms with Gasteiger partial charge < -0.3 is 4.90 Å². The van der Waals surface area contributed by atoms with E-state index in [0.717, 1.165) is 25.3 Å². The number of carbonyl (C=O) groups excluding carboxylic acids is 1. The Hall–Kier alpha value is -1.42. The van der Waals surface area contributed by atoms with Crippen molar-refractivity contribution in [3.63, 3.8) is 0 Å². The van der Waals surface area contributed by atoms with Crippen LogP contribution in [0.1, 0.15) is 63.8 Å². The first-order valence-corrected chi connectivity index (χ1v) is 9.01. The molecule has 0 bridgehead atoms. The number of pyridine rings is 1. The molecular formula is C19H29N3O. The summed E-state index contributed by atoms with van der Waals surface area (Å²) in [6.07, 6.45) is 4.79. The molecule has 23 heavy (non-hydrogen) atoms. The van der Waals surface area contributed by atoms with Crippen LogP contribution >= 0.6 is 0 Å². The predicted octanol–water partition coefficient (Wildman–Crippen LogP) is 3.18. The molecule has 1 aromatic rings. The molecule has 4 heteroatoms. The zero-order chi connectivity index (χ0) is 16.4. The number of hydrogen-bond acceptors (Lipinski definition) is 3. The van der Waals surface area contributed by atoms with Gasteiger partial charge in [-0.15, -0.1) is 0 Å². The molecule has 0 unspecified atom stereocenters. The van der Waals surface area contributed by atoms with E-state index >= 15 is 0 Å². The van der Waals surface area contributed by atoms with Crippen LogP contribution in [0.15, 0.2) is 18.2 Å². The summed E-state index contributed by atoms with van der Waals surface area (Å²) in [7, 11) is 0. The third-order valence-corrected chi connectivity index (χ3v) is 5.08. The van der Waals surface area contributed by atoms with Crippen LogP contribution in [0.4, 0.5) is 0 Å². The van der Waals surface area contributed by atoms with Crippen molar-refractivity contribution in [2.45, 2.75) is 71.0 Å². The number of aromatic nitrogens is 1. The number of rotatable bonds is 6. The van der Waals surface area contributed by atoms with E-state index in [0.29, 0.717) is 18.0 Å². The monoisotopic (exact) mass is 315 g/mol. The molecule has 0 radical (unpaired) electrons. The Morgan fingerprint density at radius 3 is 2.78 bits per heavy atom. The average Bonchev–Trinajstić information content (AvgIpc) is 3.26. The van der Waals surface area contributed by atoms with Gasteiger partial charge in [0.2, 0.25) is 5.91 Å². The van der Waals surface area contributed by atoms with Crippen LogP contribution < -0.4 is 0 Å². The lowest BCUT2D eigenvalue weighted by Gasteiger charge is -2.30. The SMILES string of the molecule is CC(=O)N(C[C@H]1CCCN1Cc1cccc(C(C)C)n1)C1CC1. The second kappa shape index (κ2) is 7.00. The van der Waals surface area contributed by atoms with Crippen LogP contribution in [-0.2, 0) is 11.3 Å². The lowest BCUT2D eigenvalue weighted by molar-refractivity contribution is -0.130. The summed E-state index contributed by atoms with van der Waals surface area (Å²) in [5, 5.41) is 0. The minimum atomic E-state index is 0.235. The van der Waals surface area contributed by atoms with Gasteiger partial charge in [-0.05, 0) is 50.3 Å². The fraction of sp³-hybridized carbons (Fsp3) is 0.684. The molecule has 0 spiro atoms. The summed E-state index contributed by atoms with van der Waals surface area (Å²) < 4.78 is 0. The van der Waals surface area contributed by atoms with Gasteiger partial charge in [0.25, 0.3) is 0 Å². The van der Waals surface area contributed by atoms with Crippen LogP contribution in [-0.4, -0.2) is 45.9 Å². The largest absolute Gasteiger partial charge is 0.338 e. The van der Waals surface area contributed by atoms with E-state index in [2.05, 4.69) is 41.8 Å². The topological polar surface area (TPSA) is 36.4 Å². The van der Waals surface area contributed by atoms with Crippen molar-refractivity contribution in [2.75, 3.05) is 13.1 Å². The molecule has 126 valence electrons. The fourth-order valence-electron chi connectivity index (χ4n) is 3.57. The molecule has 2 aliphatic rings. The van der Waals surface area contributed by atoms with Crippen molar-refractivity contribution >= 4 is 5.91 Å². The molecule has 3 rings (SSSR count). The normalized spacial score (nSPS) is 21.8. The van der Waals surface area contributed by atoms with Crippen molar-refractivity contribution < 1.29 is 4.79 Å². The van der Waals surface area contributed by atoms with Gasteiger partial charge in [0.05, 0.1) is 5.69 Å². The first-order chi connectivity index (χ1) is 11.0. The van der Waals surface area contributed by atoms with Crippen molar-refractivity contribution in [1.29, 1.82) is 0 Å². The van der Waals surface area contributed by atoms with Crippen LogP contribution in [0, 0.1) is 0 Å². The molecule has 1 amide bonds. The lowest BCUT2D eigenvalue weighted by Crippen LogP contribution is -2.43. The average molecular weight is 315 g/mol. The van der Waals surface area contributed by atoms with E-state index in [1.54, 1.807) is 6.92 Å². The maximum atomic E-state index is 11.9. The first kappa shape index (κ1) is 16.4. The summed E-state index contributed by atoms with van der Waals surface area (Å²) in [6.45, 7) is 9.00. The maximum absolute atomic E-state index is 11.9. The van der Waals surface area contributed by atoms with Crippen LogP contribution in [0.5, 0.6) is 0 Å². The molecule has 2 heterocycles. The molecule has 0 N–H and O–H groups in total. The molecule has 1 atom stereocenters. The Bertz CT molecular complexity index is 553. The molecule has 1 saturated carbocycles. The quantitative estimate of drug-likeness (QED) is 0.809. The highest BCUT2D eigenvalue weighted by atomic mass is 16.2. The van der Waals surface area contributed by atoms with Gasteiger partial charge in [0, 0.05) is 37.8 Å². The molecule has 1 aromatic heterocycles. The maximum Gasteiger partial charge on any atom is 0.219 e. The molecule has 2 fully saturated rings. The van der Waals surface area contributed by atoms with Gasteiger partial charge in [0.1, 0.15) is 0 Å². The Morgan fingerprint density at radius 2 is 2.13 bits per heavy atom. The summed E-state index contributed by atoms with van der Waals surface area (Å²) in [5.41, 5.74) is 2.32. The lowest BCUT2D eigenvalue weighted by atomic mass is 10.1. The van der Waals surface area contributed by atoms with E-state index in [-0.39, 0.29) is 5.91 Å². The van der Waals surface area contributed by atoms with Gasteiger partial charge >= 0.3 is 0 Å². The van der Waals surface area contributed by atoms with E-state index in [1.807, 2.05) is 0 Å². The summed E-state index contributed by atoms with van der Waals surface area (Å²) in [4.78, 5) is 21.3. The number of amides is 1. The van der Waals surface area contributed by atoms with Gasteiger partial charge in [-0.1, -0.05) is 19.9 Å². The van der Waals surface area contributed by atoms with Gasteiger partial charge in [-0.3, -0.25) is 14.7 Å². The third-order valence-electron chi connectivity index (χ3n) is 5.08. The van der Waals surface area contributed by atoms with Gasteiger partial charge in [-0.25, -0.2) is 0 Å². The standard InChI is InChI=1S/C19H29N3O/c1-14(2)19-8-4-6-16(20-19)12-21-11-5-7-18(21)13-22(15(3)23)17-9-10-17/h4,6,8,14,17-18H,5,7,9-13H2,1-3H3/t18-/m1/s1. The highest BCUT2D eigenvalue weighted by Gasteiger charge is 2.35. The zero-order valence-electron chi connectivity index (χ0n) is 14.7. The third kappa shape index (κ3) is 4.11. The summed E-state index contributed by atoms with van der Waals surface area (Å²) in [6, 6.07) is 7.36. The van der Waals surface area contributed by atoms with Crippen molar-refractivity contribution in [1.82, 2.24) is 14.8 Å². The second-order valence-corrected chi connectivity index (χ2v) is 7.38. The minimum absolute atomic E-state index is 0.235. The Morgan fingerprint density at radius 1 is 1.35 bits per heavy atom.